The van der Waals surface area contributed by atoms with E-state index in [1.807, 2.05) is 65.2 Å². The lowest BCUT2D eigenvalue weighted by Gasteiger charge is -2.30. The molecule has 1 N–H and O–H groups in total. The van der Waals surface area contributed by atoms with E-state index >= 15 is 0 Å². The zero-order valence-electron chi connectivity index (χ0n) is 19.7. The van der Waals surface area contributed by atoms with Gasteiger partial charge < -0.3 is 9.84 Å². The quantitative estimate of drug-likeness (QED) is 0.286. The van der Waals surface area contributed by atoms with Crippen molar-refractivity contribution in [2.75, 3.05) is 5.75 Å². The second kappa shape index (κ2) is 10.4. The maximum absolute atomic E-state index is 13.2. The van der Waals surface area contributed by atoms with Crippen LogP contribution in [0.4, 0.5) is 0 Å². The summed E-state index contributed by atoms with van der Waals surface area (Å²) in [6, 6.07) is 19.9. The molecule has 35 heavy (non-hydrogen) atoms. The van der Waals surface area contributed by atoms with Crippen molar-refractivity contribution in [1.82, 2.24) is 30.2 Å². The molecule has 0 atom stereocenters. The number of carbonyl (C=O) groups excluding carboxylic acids is 1. The molecule has 8 nitrogen and oxygen atoms in total. The van der Waals surface area contributed by atoms with Crippen molar-refractivity contribution in [2.24, 2.45) is 0 Å². The summed E-state index contributed by atoms with van der Waals surface area (Å²) in [6.45, 7) is 1.78. The monoisotopic (exact) mass is 488 g/mol. The first-order valence-electron chi connectivity index (χ1n) is 12.0. The first-order chi connectivity index (χ1) is 17.1. The Morgan fingerprint density at radius 2 is 1.69 bits per heavy atom. The molecule has 1 aliphatic rings. The van der Waals surface area contributed by atoms with Gasteiger partial charge in [-0.25, -0.2) is 0 Å². The molecule has 1 amide bonds. The molecule has 2 heterocycles. The van der Waals surface area contributed by atoms with Crippen molar-refractivity contribution in [3.63, 3.8) is 0 Å². The molecule has 0 saturated heterocycles. The van der Waals surface area contributed by atoms with E-state index in [-0.39, 0.29) is 11.7 Å². The summed E-state index contributed by atoms with van der Waals surface area (Å²) in [5.41, 5.74) is 1.32. The summed E-state index contributed by atoms with van der Waals surface area (Å²) in [6.07, 6.45) is 5.94. The number of aromatic nitrogens is 5. The third-order valence-corrected chi connectivity index (χ3v) is 7.23. The average Bonchev–Trinajstić information content (AvgIpc) is 3.45. The number of hydrogen-bond acceptors (Lipinski definition) is 7. The Balaban J connectivity index is 1.38. The molecule has 1 aliphatic carbocycles. The molecule has 0 aliphatic heterocycles. The van der Waals surface area contributed by atoms with Crippen molar-refractivity contribution in [1.29, 1.82) is 0 Å². The van der Waals surface area contributed by atoms with Crippen LogP contribution in [0.3, 0.4) is 0 Å². The first kappa shape index (κ1) is 23.3. The van der Waals surface area contributed by atoms with Crippen molar-refractivity contribution >= 4 is 17.7 Å². The maximum atomic E-state index is 13.2. The predicted molar refractivity (Wildman–Crippen MR) is 134 cm³/mol. The zero-order valence-corrected chi connectivity index (χ0v) is 20.5. The minimum Gasteiger partial charge on any atom is -0.342 e. The Labute approximate surface area is 208 Å². The summed E-state index contributed by atoms with van der Waals surface area (Å²) in [5.74, 6) is 1.95. The van der Waals surface area contributed by atoms with Crippen LogP contribution in [0, 0.1) is 6.92 Å². The summed E-state index contributed by atoms with van der Waals surface area (Å²) < 4.78 is 7.26. The second-order valence-electron chi connectivity index (χ2n) is 8.81. The summed E-state index contributed by atoms with van der Waals surface area (Å²) in [7, 11) is 0. The van der Waals surface area contributed by atoms with Crippen LogP contribution < -0.4 is 5.32 Å². The summed E-state index contributed by atoms with van der Waals surface area (Å²) in [4.78, 5) is 17.7. The topological polar surface area (TPSA) is 98.7 Å². The van der Waals surface area contributed by atoms with Gasteiger partial charge in [0.25, 0.3) is 0 Å². The molecular formula is C26H28N6O2S. The van der Waals surface area contributed by atoms with Crippen molar-refractivity contribution in [2.45, 2.75) is 56.1 Å². The molecule has 9 heteroatoms. The number of rotatable bonds is 7. The van der Waals surface area contributed by atoms with Crippen LogP contribution in [0.5, 0.6) is 0 Å². The molecule has 0 spiro atoms. The molecular weight excluding hydrogens is 460 g/mol. The second-order valence-corrected chi connectivity index (χ2v) is 9.76. The van der Waals surface area contributed by atoms with Gasteiger partial charge in [-0.2, -0.15) is 4.98 Å². The number of carbonyl (C=O) groups is 1. The van der Waals surface area contributed by atoms with Gasteiger partial charge in [0.1, 0.15) is 5.54 Å². The summed E-state index contributed by atoms with van der Waals surface area (Å²) >= 11 is 1.37. The highest BCUT2D eigenvalue weighted by Gasteiger charge is 2.38. The number of nitrogens with zero attached hydrogens (tertiary/aromatic N) is 5. The first-order valence-corrected chi connectivity index (χ1v) is 12.9. The number of thioether (sulfide) groups is 1. The summed E-state index contributed by atoms with van der Waals surface area (Å²) in [5, 5.41) is 17.0. The molecule has 0 unspecified atom stereocenters. The largest absolute Gasteiger partial charge is 0.342 e. The molecule has 1 fully saturated rings. The van der Waals surface area contributed by atoms with Crippen LogP contribution in [0.25, 0.3) is 17.1 Å². The van der Waals surface area contributed by atoms with Crippen LogP contribution in [-0.2, 0) is 10.3 Å². The van der Waals surface area contributed by atoms with Gasteiger partial charge in [0.05, 0.1) is 5.75 Å². The number of hydrogen-bond donors (Lipinski definition) is 1. The van der Waals surface area contributed by atoms with Gasteiger partial charge in [-0.1, -0.05) is 91.1 Å². The number of aryl methyl sites for hydroxylation is 1. The third kappa shape index (κ3) is 5.14. The van der Waals surface area contributed by atoms with Crippen LogP contribution >= 0.6 is 11.8 Å². The number of para-hydroxylation sites is 1. The van der Waals surface area contributed by atoms with Gasteiger partial charge >= 0.3 is 0 Å². The molecule has 0 radical (unpaired) electrons. The molecule has 180 valence electrons. The van der Waals surface area contributed by atoms with Crippen molar-refractivity contribution in [3.05, 3.63) is 72.4 Å². The zero-order chi connectivity index (χ0) is 24.1. The van der Waals surface area contributed by atoms with Crippen molar-refractivity contribution < 1.29 is 9.32 Å². The fraction of sp³-hybridized carbons (Fsp3) is 0.346. The lowest BCUT2D eigenvalue weighted by molar-refractivity contribution is -0.120. The average molecular weight is 489 g/mol. The number of nitrogens with one attached hydrogen (secondary N) is 1. The Hall–Kier alpha value is -3.46. The lowest BCUT2D eigenvalue weighted by Crippen LogP contribution is -2.47. The molecule has 5 rings (SSSR count). The Kier molecular flexibility index (Phi) is 6.94. The van der Waals surface area contributed by atoms with E-state index in [1.165, 1.54) is 11.8 Å². The van der Waals surface area contributed by atoms with E-state index < -0.39 is 5.54 Å². The maximum Gasteiger partial charge on any atom is 0.231 e. The molecule has 2 aromatic carbocycles. The fourth-order valence-electron chi connectivity index (χ4n) is 4.61. The highest BCUT2D eigenvalue weighted by molar-refractivity contribution is 7.99. The highest BCUT2D eigenvalue weighted by Crippen LogP contribution is 2.35. The number of benzene rings is 2. The minimum atomic E-state index is -0.589. The van der Waals surface area contributed by atoms with E-state index in [0.29, 0.717) is 16.9 Å². The highest BCUT2D eigenvalue weighted by atomic mass is 32.2. The van der Waals surface area contributed by atoms with E-state index in [2.05, 4.69) is 25.7 Å². The SMILES string of the molecule is Cc1nc(C2(NC(=O)CSc3nnc(-c4ccccc4)n3-c3ccccc3)CCCCCC2)no1. The lowest BCUT2D eigenvalue weighted by atomic mass is 9.89. The normalized spacial score (nSPS) is 15.5. The van der Waals surface area contributed by atoms with Crippen LogP contribution in [-0.4, -0.2) is 36.6 Å². The van der Waals surface area contributed by atoms with Crippen LogP contribution in [0.2, 0.25) is 0 Å². The van der Waals surface area contributed by atoms with E-state index in [4.69, 9.17) is 4.52 Å². The third-order valence-electron chi connectivity index (χ3n) is 6.30. The smallest absolute Gasteiger partial charge is 0.231 e. The van der Waals surface area contributed by atoms with Crippen LogP contribution in [0.15, 0.2) is 70.3 Å². The Morgan fingerprint density at radius 1 is 1.00 bits per heavy atom. The Bertz CT molecular complexity index is 1260. The predicted octanol–water partition coefficient (Wildman–Crippen LogP) is 5.08. The van der Waals surface area contributed by atoms with E-state index in [0.717, 1.165) is 55.6 Å². The van der Waals surface area contributed by atoms with Gasteiger partial charge in [-0.3, -0.25) is 9.36 Å². The minimum absolute atomic E-state index is 0.0803. The Morgan fingerprint density at radius 3 is 2.34 bits per heavy atom. The molecule has 0 bridgehead atoms. The molecule has 1 saturated carbocycles. The van der Waals surface area contributed by atoms with Gasteiger partial charge in [0.15, 0.2) is 16.8 Å². The molecule has 2 aromatic heterocycles. The van der Waals surface area contributed by atoms with Gasteiger partial charge in [0, 0.05) is 18.2 Å². The van der Waals surface area contributed by atoms with E-state index in [1.54, 1.807) is 6.92 Å². The number of amides is 1. The van der Waals surface area contributed by atoms with Crippen LogP contribution in [0.1, 0.15) is 50.2 Å². The van der Waals surface area contributed by atoms with E-state index in [9.17, 15) is 4.79 Å². The van der Waals surface area contributed by atoms with Gasteiger partial charge in [-0.05, 0) is 25.0 Å². The van der Waals surface area contributed by atoms with Gasteiger partial charge in [-0.15, -0.1) is 10.2 Å². The van der Waals surface area contributed by atoms with Gasteiger partial charge in [0.2, 0.25) is 11.8 Å². The van der Waals surface area contributed by atoms with Crippen molar-refractivity contribution in [3.8, 4) is 17.1 Å². The standard InChI is InChI=1S/C26H28N6O2S/c1-19-27-24(31-34-19)26(16-10-2-3-11-17-26)28-22(33)18-35-25-30-29-23(20-12-6-4-7-13-20)32(25)21-14-8-5-9-15-21/h4-9,12-15H,2-3,10-11,16-18H2,1H3,(H,28,33). The molecule has 4 aromatic rings. The fourth-order valence-corrected chi connectivity index (χ4v) is 5.36.